The standard InChI is InChI=1S/C20H24ClNO5/c1-4-8-27-19-15(21)9-13(10-18(19)26-5-2)12-22-16-11-14(20(23)24)6-7-17(16)25-3/h6-7,9-11,22H,4-5,8,12H2,1-3H3,(H,23,24). The van der Waals surface area contributed by atoms with E-state index in [1.807, 2.05) is 19.9 Å². The molecule has 146 valence electrons. The fourth-order valence-corrected chi connectivity index (χ4v) is 2.79. The fraction of sp³-hybridized carbons (Fsp3) is 0.350. The lowest BCUT2D eigenvalue weighted by molar-refractivity contribution is 0.0697. The van der Waals surface area contributed by atoms with Gasteiger partial charge in [-0.2, -0.15) is 0 Å². The Morgan fingerprint density at radius 3 is 2.56 bits per heavy atom. The van der Waals surface area contributed by atoms with Crippen molar-refractivity contribution < 1.29 is 24.1 Å². The van der Waals surface area contributed by atoms with E-state index in [-0.39, 0.29) is 5.56 Å². The van der Waals surface area contributed by atoms with E-state index in [1.54, 1.807) is 12.1 Å². The maximum absolute atomic E-state index is 11.2. The topological polar surface area (TPSA) is 77.0 Å². The van der Waals surface area contributed by atoms with Crippen LogP contribution in [-0.4, -0.2) is 31.4 Å². The molecule has 27 heavy (non-hydrogen) atoms. The minimum Gasteiger partial charge on any atom is -0.495 e. The predicted octanol–water partition coefficient (Wildman–Crippen LogP) is 4.85. The van der Waals surface area contributed by atoms with Gasteiger partial charge in [-0.05, 0) is 49.2 Å². The molecule has 2 rings (SSSR count). The number of aromatic carboxylic acids is 1. The maximum atomic E-state index is 11.2. The van der Waals surface area contributed by atoms with Crippen LogP contribution in [-0.2, 0) is 6.54 Å². The Bertz CT molecular complexity index is 794. The number of anilines is 1. The van der Waals surface area contributed by atoms with Gasteiger partial charge in [-0.25, -0.2) is 4.79 Å². The van der Waals surface area contributed by atoms with Crippen LogP contribution in [0.15, 0.2) is 30.3 Å². The maximum Gasteiger partial charge on any atom is 0.335 e. The molecule has 0 spiro atoms. The minimum absolute atomic E-state index is 0.176. The molecular weight excluding hydrogens is 370 g/mol. The monoisotopic (exact) mass is 393 g/mol. The molecule has 0 aliphatic rings. The SMILES string of the molecule is CCCOc1c(Cl)cc(CNc2cc(C(=O)O)ccc2OC)cc1OCC. The number of nitrogens with one attached hydrogen (secondary N) is 1. The van der Waals surface area contributed by atoms with Crippen LogP contribution in [0.5, 0.6) is 17.2 Å². The Hall–Kier alpha value is -2.60. The Morgan fingerprint density at radius 2 is 1.93 bits per heavy atom. The molecule has 2 N–H and O–H groups in total. The number of rotatable bonds is 10. The van der Waals surface area contributed by atoms with Gasteiger partial charge >= 0.3 is 5.97 Å². The number of benzene rings is 2. The number of carboxylic acid groups (broad SMARTS) is 1. The quantitative estimate of drug-likeness (QED) is 0.601. The first-order chi connectivity index (χ1) is 13.0. The van der Waals surface area contributed by atoms with Crippen LogP contribution in [0.1, 0.15) is 36.2 Å². The molecule has 0 unspecified atom stereocenters. The number of hydrogen-bond acceptors (Lipinski definition) is 5. The van der Waals surface area contributed by atoms with Gasteiger partial charge in [0.15, 0.2) is 11.5 Å². The molecule has 0 aliphatic carbocycles. The molecule has 6 nitrogen and oxygen atoms in total. The van der Waals surface area contributed by atoms with E-state index >= 15 is 0 Å². The van der Waals surface area contributed by atoms with Crippen LogP contribution in [0.3, 0.4) is 0 Å². The van der Waals surface area contributed by atoms with Crippen molar-refractivity contribution in [3.8, 4) is 17.2 Å². The van der Waals surface area contributed by atoms with E-state index in [4.69, 9.17) is 25.8 Å². The predicted molar refractivity (Wildman–Crippen MR) is 106 cm³/mol. The van der Waals surface area contributed by atoms with E-state index in [0.717, 1.165) is 12.0 Å². The Balaban J connectivity index is 2.25. The molecule has 0 radical (unpaired) electrons. The van der Waals surface area contributed by atoms with Crippen molar-refractivity contribution in [2.75, 3.05) is 25.6 Å². The van der Waals surface area contributed by atoms with Crippen LogP contribution >= 0.6 is 11.6 Å². The number of carboxylic acids is 1. The van der Waals surface area contributed by atoms with Crippen LogP contribution in [0, 0.1) is 0 Å². The van der Waals surface area contributed by atoms with Gasteiger partial charge in [0.2, 0.25) is 0 Å². The summed E-state index contributed by atoms with van der Waals surface area (Å²) >= 11 is 6.38. The van der Waals surface area contributed by atoms with Crippen molar-refractivity contribution in [1.29, 1.82) is 0 Å². The first-order valence-electron chi connectivity index (χ1n) is 8.73. The second-order valence-corrected chi connectivity index (χ2v) is 6.17. The molecule has 0 atom stereocenters. The smallest absolute Gasteiger partial charge is 0.335 e. The summed E-state index contributed by atoms with van der Waals surface area (Å²) in [6, 6.07) is 8.31. The average Bonchev–Trinajstić information content (AvgIpc) is 2.65. The average molecular weight is 394 g/mol. The zero-order valence-corrected chi connectivity index (χ0v) is 16.4. The third-order valence-corrected chi connectivity index (χ3v) is 4.03. The number of carbonyl (C=O) groups is 1. The number of hydrogen-bond donors (Lipinski definition) is 2. The molecule has 0 fully saturated rings. The molecule has 0 saturated heterocycles. The second-order valence-electron chi connectivity index (χ2n) is 5.76. The highest BCUT2D eigenvalue weighted by molar-refractivity contribution is 6.32. The summed E-state index contributed by atoms with van der Waals surface area (Å²) < 4.78 is 16.7. The molecule has 7 heteroatoms. The molecule has 0 heterocycles. The van der Waals surface area contributed by atoms with Crippen molar-refractivity contribution in [3.63, 3.8) is 0 Å². The largest absolute Gasteiger partial charge is 0.495 e. The van der Waals surface area contributed by atoms with Gasteiger partial charge in [0.25, 0.3) is 0 Å². The fourth-order valence-electron chi connectivity index (χ4n) is 2.51. The van der Waals surface area contributed by atoms with Gasteiger partial charge < -0.3 is 24.6 Å². The van der Waals surface area contributed by atoms with Gasteiger partial charge in [0, 0.05) is 6.54 Å². The van der Waals surface area contributed by atoms with E-state index in [2.05, 4.69) is 5.32 Å². The number of ether oxygens (including phenoxy) is 3. The summed E-state index contributed by atoms with van der Waals surface area (Å²) in [6.07, 6.45) is 0.866. The number of halogens is 1. The highest BCUT2D eigenvalue weighted by Crippen LogP contribution is 2.37. The summed E-state index contributed by atoms with van der Waals surface area (Å²) in [6.45, 7) is 5.36. The molecule has 2 aromatic carbocycles. The molecule has 0 saturated carbocycles. The molecular formula is C20H24ClNO5. The van der Waals surface area contributed by atoms with E-state index in [0.29, 0.717) is 47.7 Å². The first-order valence-corrected chi connectivity index (χ1v) is 9.11. The van der Waals surface area contributed by atoms with Crippen LogP contribution < -0.4 is 19.5 Å². The van der Waals surface area contributed by atoms with Crippen molar-refractivity contribution >= 4 is 23.3 Å². The van der Waals surface area contributed by atoms with Crippen molar-refractivity contribution in [2.24, 2.45) is 0 Å². The Kier molecular flexibility index (Phi) is 7.61. The van der Waals surface area contributed by atoms with Crippen LogP contribution in [0.2, 0.25) is 5.02 Å². The van der Waals surface area contributed by atoms with Crippen molar-refractivity contribution in [2.45, 2.75) is 26.8 Å². The van der Waals surface area contributed by atoms with Gasteiger partial charge in [0.05, 0.1) is 36.6 Å². The second kappa shape index (κ2) is 9.92. The summed E-state index contributed by atoms with van der Waals surface area (Å²) in [5.41, 5.74) is 1.63. The third kappa shape index (κ3) is 5.44. The highest BCUT2D eigenvalue weighted by atomic mass is 35.5. The van der Waals surface area contributed by atoms with Gasteiger partial charge in [-0.1, -0.05) is 18.5 Å². The molecule has 2 aromatic rings. The first kappa shape index (κ1) is 20.7. The summed E-state index contributed by atoms with van der Waals surface area (Å²) in [5, 5.41) is 12.8. The number of methoxy groups -OCH3 is 1. The lowest BCUT2D eigenvalue weighted by Crippen LogP contribution is -2.06. The Morgan fingerprint density at radius 1 is 1.15 bits per heavy atom. The van der Waals surface area contributed by atoms with E-state index < -0.39 is 5.97 Å². The summed E-state index contributed by atoms with van der Waals surface area (Å²) in [7, 11) is 1.53. The molecule has 0 aromatic heterocycles. The normalized spacial score (nSPS) is 10.4. The van der Waals surface area contributed by atoms with Crippen LogP contribution in [0.4, 0.5) is 5.69 Å². The van der Waals surface area contributed by atoms with Gasteiger partial charge in [0.1, 0.15) is 5.75 Å². The minimum atomic E-state index is -1.00. The van der Waals surface area contributed by atoms with E-state index in [1.165, 1.54) is 19.2 Å². The van der Waals surface area contributed by atoms with Gasteiger partial charge in [-0.3, -0.25) is 0 Å². The summed E-state index contributed by atoms with van der Waals surface area (Å²) in [4.78, 5) is 11.2. The lowest BCUT2D eigenvalue weighted by atomic mass is 10.1. The highest BCUT2D eigenvalue weighted by Gasteiger charge is 2.14. The zero-order valence-electron chi connectivity index (χ0n) is 15.7. The van der Waals surface area contributed by atoms with Crippen molar-refractivity contribution in [1.82, 2.24) is 0 Å². The molecule has 0 bridgehead atoms. The third-order valence-electron chi connectivity index (χ3n) is 3.75. The van der Waals surface area contributed by atoms with Gasteiger partial charge in [-0.15, -0.1) is 0 Å². The molecule has 0 aliphatic heterocycles. The van der Waals surface area contributed by atoms with Crippen LogP contribution in [0.25, 0.3) is 0 Å². The molecule has 0 amide bonds. The van der Waals surface area contributed by atoms with Crippen molar-refractivity contribution in [3.05, 3.63) is 46.5 Å². The Labute approximate surface area is 164 Å². The summed E-state index contributed by atoms with van der Waals surface area (Å²) in [5.74, 6) is 0.676. The van der Waals surface area contributed by atoms with E-state index in [9.17, 15) is 9.90 Å². The zero-order chi connectivity index (χ0) is 19.8. The lowest BCUT2D eigenvalue weighted by Gasteiger charge is -2.16.